The molecule has 5 heteroatoms. The average Bonchev–Trinajstić information content (AvgIpc) is 2.49. The first-order valence-corrected chi connectivity index (χ1v) is 9.84. The van der Waals surface area contributed by atoms with Crippen LogP contribution in [0.2, 0.25) is 5.02 Å². The molecule has 0 N–H and O–H groups in total. The smallest absolute Gasteiger partial charge is 0.206 e. The van der Waals surface area contributed by atoms with Gasteiger partial charge in [0.1, 0.15) is 0 Å². The van der Waals surface area contributed by atoms with Gasteiger partial charge in [-0.2, -0.15) is 0 Å². The fourth-order valence-corrected chi connectivity index (χ4v) is 5.00. The molecule has 0 unspecified atom stereocenters. The topological polar surface area (TPSA) is 34.1 Å². The molecule has 0 amide bonds. The number of rotatable bonds is 2. The van der Waals surface area contributed by atoms with Crippen LogP contribution >= 0.6 is 34.2 Å². The van der Waals surface area contributed by atoms with E-state index in [2.05, 4.69) is 28.7 Å². The Morgan fingerprint density at radius 2 is 1.91 bits per heavy atom. The Hall–Kier alpha value is -0.850. The molecule has 0 radical (unpaired) electrons. The van der Waals surface area contributed by atoms with E-state index >= 15 is 0 Å². The first kappa shape index (κ1) is 16.0. The zero-order chi connectivity index (χ0) is 15.9. The summed E-state index contributed by atoms with van der Waals surface area (Å²) in [5, 5.41) is 0.473. The summed E-state index contributed by atoms with van der Waals surface area (Å²) in [6.45, 7) is 1.86. The van der Waals surface area contributed by atoms with Gasteiger partial charge in [-0.25, -0.2) is 8.42 Å². The lowest BCUT2D eigenvalue weighted by Gasteiger charge is -2.18. The number of allylic oxidation sites excluding steroid dienone is 1. The Morgan fingerprint density at radius 1 is 1.14 bits per heavy atom. The van der Waals surface area contributed by atoms with Gasteiger partial charge in [-0.3, -0.25) is 0 Å². The molecule has 0 aromatic heterocycles. The van der Waals surface area contributed by atoms with Gasteiger partial charge in [0.15, 0.2) is 0 Å². The minimum absolute atomic E-state index is 0.251. The second-order valence-electron chi connectivity index (χ2n) is 5.32. The van der Waals surface area contributed by atoms with E-state index in [4.69, 9.17) is 11.6 Å². The van der Waals surface area contributed by atoms with E-state index in [1.54, 1.807) is 12.1 Å². The van der Waals surface area contributed by atoms with E-state index < -0.39 is 9.84 Å². The fraction of sp³-hybridized carbons (Fsp3) is 0.176. The summed E-state index contributed by atoms with van der Waals surface area (Å²) in [6.07, 6.45) is 3.43. The summed E-state index contributed by atoms with van der Waals surface area (Å²) in [5.74, 6) is 0. The van der Waals surface area contributed by atoms with Gasteiger partial charge in [-0.1, -0.05) is 29.8 Å². The maximum absolute atomic E-state index is 13.0. The lowest BCUT2D eigenvalue weighted by Crippen LogP contribution is -2.10. The van der Waals surface area contributed by atoms with Crippen molar-refractivity contribution in [3.63, 3.8) is 0 Å². The third-order valence-electron chi connectivity index (χ3n) is 3.82. The molecule has 0 saturated carbocycles. The number of hydrogen-bond acceptors (Lipinski definition) is 2. The summed E-state index contributed by atoms with van der Waals surface area (Å²) >= 11 is 8.34. The number of hydrogen-bond donors (Lipinski definition) is 0. The van der Waals surface area contributed by atoms with Crippen molar-refractivity contribution in [2.45, 2.75) is 24.7 Å². The molecule has 0 atom stereocenters. The van der Waals surface area contributed by atoms with Gasteiger partial charge in [0.25, 0.3) is 0 Å². The fourth-order valence-electron chi connectivity index (χ4n) is 2.60. The van der Waals surface area contributed by atoms with Crippen molar-refractivity contribution in [1.29, 1.82) is 0 Å². The SMILES string of the molecule is Cc1ccc(S(=O)(=O)C2=CCCc3cc(I)ccc32)cc1Cl. The van der Waals surface area contributed by atoms with Gasteiger partial charge in [-0.05, 0) is 83.3 Å². The van der Waals surface area contributed by atoms with E-state index in [1.807, 2.05) is 25.1 Å². The van der Waals surface area contributed by atoms with Crippen LogP contribution in [-0.2, 0) is 16.3 Å². The molecule has 2 nitrogen and oxygen atoms in total. The van der Waals surface area contributed by atoms with Crippen LogP contribution in [0.4, 0.5) is 0 Å². The minimum Gasteiger partial charge on any atom is -0.219 e. The second kappa shape index (κ2) is 5.98. The van der Waals surface area contributed by atoms with E-state index in [-0.39, 0.29) is 4.90 Å². The van der Waals surface area contributed by atoms with E-state index in [0.29, 0.717) is 9.93 Å². The summed E-state index contributed by atoms with van der Waals surface area (Å²) < 4.78 is 27.1. The van der Waals surface area contributed by atoms with E-state index in [1.165, 1.54) is 6.07 Å². The highest BCUT2D eigenvalue weighted by molar-refractivity contribution is 14.1. The van der Waals surface area contributed by atoms with Crippen LogP contribution in [-0.4, -0.2) is 8.42 Å². The molecular weight excluding hydrogens is 431 g/mol. The molecule has 1 aliphatic rings. The van der Waals surface area contributed by atoms with Crippen LogP contribution in [0.5, 0.6) is 0 Å². The normalized spacial score (nSPS) is 14.4. The summed E-state index contributed by atoms with van der Waals surface area (Å²) in [5.41, 5.74) is 2.77. The number of aryl methyl sites for hydroxylation is 2. The van der Waals surface area contributed by atoms with Crippen LogP contribution in [0.1, 0.15) is 23.1 Å². The predicted octanol–water partition coefficient (Wildman–Crippen LogP) is 5.01. The van der Waals surface area contributed by atoms with Crippen molar-refractivity contribution in [2.24, 2.45) is 0 Å². The van der Waals surface area contributed by atoms with Crippen LogP contribution in [0, 0.1) is 10.5 Å². The molecule has 3 rings (SSSR count). The predicted molar refractivity (Wildman–Crippen MR) is 98.8 cm³/mol. The number of benzene rings is 2. The number of sulfone groups is 1. The Bertz CT molecular complexity index is 886. The Morgan fingerprint density at radius 3 is 2.64 bits per heavy atom. The highest BCUT2D eigenvalue weighted by Gasteiger charge is 2.26. The summed E-state index contributed by atoms with van der Waals surface area (Å²) in [6, 6.07) is 10.8. The van der Waals surface area contributed by atoms with E-state index in [0.717, 1.165) is 33.1 Å². The Labute approximate surface area is 149 Å². The van der Waals surface area contributed by atoms with Gasteiger partial charge >= 0.3 is 0 Å². The van der Waals surface area contributed by atoms with Crippen molar-refractivity contribution in [3.05, 3.63) is 67.8 Å². The van der Waals surface area contributed by atoms with E-state index in [9.17, 15) is 8.42 Å². The molecular formula is C17H14ClIO2S. The number of halogens is 2. The minimum atomic E-state index is -3.55. The standard InChI is InChI=1S/C17H14ClIO2S/c1-11-5-7-14(10-16(11)18)22(20,21)17-4-2-3-12-9-13(19)6-8-15(12)17/h4-10H,2-3H2,1H3. The molecule has 2 aromatic rings. The van der Waals surface area contributed by atoms with Crippen LogP contribution < -0.4 is 0 Å². The maximum atomic E-state index is 13.0. The second-order valence-corrected chi connectivity index (χ2v) is 8.89. The molecule has 0 spiro atoms. The third-order valence-corrected chi connectivity index (χ3v) is 6.74. The molecule has 0 aliphatic heterocycles. The zero-order valence-corrected chi connectivity index (χ0v) is 15.7. The van der Waals surface area contributed by atoms with Crippen molar-refractivity contribution in [2.75, 3.05) is 0 Å². The van der Waals surface area contributed by atoms with Crippen molar-refractivity contribution < 1.29 is 8.42 Å². The molecule has 0 fully saturated rings. The highest BCUT2D eigenvalue weighted by Crippen LogP contribution is 2.36. The van der Waals surface area contributed by atoms with Crippen molar-refractivity contribution in [3.8, 4) is 0 Å². The van der Waals surface area contributed by atoms with Gasteiger partial charge in [-0.15, -0.1) is 0 Å². The zero-order valence-electron chi connectivity index (χ0n) is 11.9. The van der Waals surface area contributed by atoms with Crippen LogP contribution in [0.25, 0.3) is 4.91 Å². The first-order chi connectivity index (χ1) is 10.4. The summed E-state index contributed by atoms with van der Waals surface area (Å²) in [7, 11) is -3.55. The lowest BCUT2D eigenvalue weighted by molar-refractivity contribution is 0.605. The van der Waals surface area contributed by atoms with Gasteiger partial charge in [0.2, 0.25) is 9.84 Å². The Balaban J connectivity index is 2.14. The first-order valence-electron chi connectivity index (χ1n) is 6.90. The quantitative estimate of drug-likeness (QED) is 0.610. The number of fused-ring (bicyclic) bond motifs is 1. The molecule has 1 aliphatic carbocycles. The largest absolute Gasteiger partial charge is 0.219 e. The maximum Gasteiger partial charge on any atom is 0.206 e. The van der Waals surface area contributed by atoms with Gasteiger partial charge in [0, 0.05) is 8.59 Å². The van der Waals surface area contributed by atoms with Gasteiger partial charge in [0.05, 0.1) is 9.80 Å². The third kappa shape index (κ3) is 2.84. The Kier molecular flexibility index (Phi) is 4.36. The highest BCUT2D eigenvalue weighted by atomic mass is 127. The summed E-state index contributed by atoms with van der Waals surface area (Å²) in [4.78, 5) is 0.644. The molecule has 22 heavy (non-hydrogen) atoms. The van der Waals surface area contributed by atoms with Crippen molar-refractivity contribution in [1.82, 2.24) is 0 Å². The molecule has 2 aromatic carbocycles. The lowest BCUT2D eigenvalue weighted by atomic mass is 9.97. The monoisotopic (exact) mass is 444 g/mol. The molecule has 0 bridgehead atoms. The molecule has 0 saturated heterocycles. The average molecular weight is 445 g/mol. The van der Waals surface area contributed by atoms with Crippen LogP contribution in [0.15, 0.2) is 47.4 Å². The molecule has 0 heterocycles. The van der Waals surface area contributed by atoms with Crippen LogP contribution in [0.3, 0.4) is 0 Å². The van der Waals surface area contributed by atoms with Crippen molar-refractivity contribution >= 4 is 48.9 Å². The van der Waals surface area contributed by atoms with Gasteiger partial charge < -0.3 is 0 Å². The molecule has 114 valence electrons.